The lowest BCUT2D eigenvalue weighted by molar-refractivity contribution is -0.153. The number of nitrogens with zero attached hydrogens (tertiary/aromatic N) is 1. The summed E-state index contributed by atoms with van der Waals surface area (Å²) in [6, 6.07) is 12.9. The maximum absolute atomic E-state index is 12.3. The van der Waals surface area contributed by atoms with E-state index in [0.29, 0.717) is 22.4 Å². The highest BCUT2D eigenvalue weighted by Crippen LogP contribution is 2.24. The molecule has 2 rings (SSSR count). The number of nitriles is 1. The summed E-state index contributed by atoms with van der Waals surface area (Å²) in [7, 11) is 0. The summed E-state index contributed by atoms with van der Waals surface area (Å²) < 4.78 is 41.8. The van der Waals surface area contributed by atoms with Crippen molar-refractivity contribution in [3.05, 3.63) is 59.2 Å². The lowest BCUT2D eigenvalue weighted by atomic mass is 10.1. The van der Waals surface area contributed by atoms with Crippen LogP contribution in [-0.2, 0) is 6.54 Å². The standard InChI is InChI=1S/C18H15F3N2O2/c1-12(24)13-6-7-14(9-22)16(8-13)23-10-15-4-2-3-5-17(15)25-11-18(19,20)21/h2-8,23H,10-11H2,1H3. The van der Waals surface area contributed by atoms with Gasteiger partial charge in [0.25, 0.3) is 0 Å². The van der Waals surface area contributed by atoms with Crippen LogP contribution < -0.4 is 10.1 Å². The molecular weight excluding hydrogens is 333 g/mol. The monoisotopic (exact) mass is 348 g/mol. The smallest absolute Gasteiger partial charge is 0.422 e. The first-order chi connectivity index (χ1) is 11.8. The molecule has 130 valence electrons. The first kappa shape index (κ1) is 18.3. The molecule has 0 heterocycles. The van der Waals surface area contributed by atoms with Gasteiger partial charge in [-0.25, -0.2) is 0 Å². The van der Waals surface area contributed by atoms with E-state index in [1.165, 1.54) is 19.1 Å². The largest absolute Gasteiger partial charge is 0.484 e. The Morgan fingerprint density at radius 2 is 1.96 bits per heavy atom. The summed E-state index contributed by atoms with van der Waals surface area (Å²) in [6.07, 6.45) is -4.43. The number of hydrogen-bond donors (Lipinski definition) is 1. The summed E-state index contributed by atoms with van der Waals surface area (Å²) in [6.45, 7) is 0.169. The minimum atomic E-state index is -4.43. The number of anilines is 1. The third-order valence-corrected chi connectivity index (χ3v) is 3.38. The lowest BCUT2D eigenvalue weighted by Crippen LogP contribution is -2.20. The summed E-state index contributed by atoms with van der Waals surface area (Å²) >= 11 is 0. The van der Waals surface area contributed by atoms with Gasteiger partial charge >= 0.3 is 6.18 Å². The number of carbonyl (C=O) groups is 1. The Kier molecular flexibility index (Phi) is 5.65. The van der Waals surface area contributed by atoms with Crippen LogP contribution in [0.1, 0.15) is 28.4 Å². The van der Waals surface area contributed by atoms with E-state index in [1.807, 2.05) is 6.07 Å². The molecule has 1 N–H and O–H groups in total. The number of para-hydroxylation sites is 1. The van der Waals surface area contributed by atoms with E-state index >= 15 is 0 Å². The quantitative estimate of drug-likeness (QED) is 0.790. The summed E-state index contributed by atoms with van der Waals surface area (Å²) in [4.78, 5) is 11.5. The van der Waals surface area contributed by atoms with Gasteiger partial charge < -0.3 is 10.1 Å². The molecule has 4 nitrogen and oxygen atoms in total. The van der Waals surface area contributed by atoms with Crippen molar-refractivity contribution >= 4 is 11.5 Å². The van der Waals surface area contributed by atoms with Crippen molar-refractivity contribution < 1.29 is 22.7 Å². The average Bonchev–Trinajstić information content (AvgIpc) is 2.57. The normalized spacial score (nSPS) is 10.8. The molecule has 2 aromatic rings. The SMILES string of the molecule is CC(=O)c1ccc(C#N)c(NCc2ccccc2OCC(F)(F)F)c1. The van der Waals surface area contributed by atoms with Crippen LogP contribution >= 0.6 is 0 Å². The van der Waals surface area contributed by atoms with Crippen LogP contribution in [0.3, 0.4) is 0 Å². The van der Waals surface area contributed by atoms with Gasteiger partial charge in [0.05, 0.1) is 11.3 Å². The maximum atomic E-state index is 12.3. The van der Waals surface area contributed by atoms with Crippen LogP contribution in [0, 0.1) is 11.3 Å². The van der Waals surface area contributed by atoms with E-state index in [1.54, 1.807) is 30.3 Å². The fourth-order valence-electron chi connectivity index (χ4n) is 2.15. The molecule has 0 aliphatic heterocycles. The number of Topliss-reactive ketones (excluding diaryl/α,β-unsaturated/α-hetero) is 1. The zero-order chi connectivity index (χ0) is 18.4. The predicted molar refractivity (Wildman–Crippen MR) is 86.5 cm³/mol. The summed E-state index contributed by atoms with van der Waals surface area (Å²) in [5.41, 5.74) is 1.70. The Balaban J connectivity index is 2.18. The van der Waals surface area contributed by atoms with Gasteiger partial charge in [0.2, 0.25) is 0 Å². The van der Waals surface area contributed by atoms with Crippen molar-refractivity contribution in [3.63, 3.8) is 0 Å². The number of ether oxygens (including phenoxy) is 1. The van der Waals surface area contributed by atoms with Crippen LogP contribution in [0.5, 0.6) is 5.75 Å². The van der Waals surface area contributed by atoms with E-state index in [4.69, 9.17) is 10.00 Å². The molecule has 0 fully saturated rings. The van der Waals surface area contributed by atoms with Crippen LogP contribution in [0.15, 0.2) is 42.5 Å². The Morgan fingerprint density at radius 1 is 1.24 bits per heavy atom. The van der Waals surface area contributed by atoms with Gasteiger partial charge in [-0.05, 0) is 31.2 Å². The molecule has 0 aromatic heterocycles. The van der Waals surface area contributed by atoms with Crippen LogP contribution in [0.25, 0.3) is 0 Å². The highest BCUT2D eigenvalue weighted by molar-refractivity contribution is 5.95. The average molecular weight is 348 g/mol. The zero-order valence-electron chi connectivity index (χ0n) is 13.4. The van der Waals surface area contributed by atoms with Crippen molar-refractivity contribution in [2.45, 2.75) is 19.6 Å². The van der Waals surface area contributed by atoms with Gasteiger partial charge in [-0.15, -0.1) is 0 Å². The number of ketones is 1. The molecule has 0 saturated heterocycles. The third kappa shape index (κ3) is 5.24. The Labute approximate surface area is 142 Å². The molecular formula is C18H15F3N2O2. The van der Waals surface area contributed by atoms with Gasteiger partial charge in [0, 0.05) is 17.7 Å². The number of carbonyl (C=O) groups excluding carboxylic acids is 1. The minimum absolute atomic E-state index is 0.105. The summed E-state index contributed by atoms with van der Waals surface area (Å²) in [5.74, 6) is -0.0463. The molecule has 7 heteroatoms. The van der Waals surface area contributed by atoms with Gasteiger partial charge in [0.1, 0.15) is 11.8 Å². The van der Waals surface area contributed by atoms with E-state index in [-0.39, 0.29) is 18.1 Å². The number of alkyl halides is 3. The van der Waals surface area contributed by atoms with E-state index < -0.39 is 12.8 Å². The van der Waals surface area contributed by atoms with E-state index in [0.717, 1.165) is 0 Å². The van der Waals surface area contributed by atoms with Crippen molar-refractivity contribution in [2.24, 2.45) is 0 Å². The number of benzene rings is 2. The fourth-order valence-corrected chi connectivity index (χ4v) is 2.15. The Morgan fingerprint density at radius 3 is 2.60 bits per heavy atom. The maximum Gasteiger partial charge on any atom is 0.422 e. The summed E-state index contributed by atoms with van der Waals surface area (Å²) in [5, 5.41) is 12.1. The number of nitrogens with one attached hydrogen (secondary N) is 1. The zero-order valence-corrected chi connectivity index (χ0v) is 13.4. The Bertz CT molecular complexity index is 811. The second-order valence-electron chi connectivity index (χ2n) is 5.29. The third-order valence-electron chi connectivity index (χ3n) is 3.38. The predicted octanol–water partition coefficient (Wildman–Crippen LogP) is 4.31. The molecule has 0 bridgehead atoms. The highest BCUT2D eigenvalue weighted by atomic mass is 19.4. The van der Waals surface area contributed by atoms with Crippen LogP contribution in [0.2, 0.25) is 0 Å². The second kappa shape index (κ2) is 7.71. The van der Waals surface area contributed by atoms with Crippen molar-refractivity contribution in [2.75, 3.05) is 11.9 Å². The molecule has 0 aliphatic carbocycles. The molecule has 0 aliphatic rings. The molecule has 0 atom stereocenters. The Hall–Kier alpha value is -3.01. The van der Waals surface area contributed by atoms with Gasteiger partial charge in [0.15, 0.2) is 12.4 Å². The molecule has 0 unspecified atom stereocenters. The number of halogens is 3. The minimum Gasteiger partial charge on any atom is -0.484 e. The molecule has 2 aromatic carbocycles. The van der Waals surface area contributed by atoms with Crippen molar-refractivity contribution in [1.29, 1.82) is 5.26 Å². The molecule has 0 radical (unpaired) electrons. The van der Waals surface area contributed by atoms with E-state index in [9.17, 15) is 18.0 Å². The van der Waals surface area contributed by atoms with E-state index in [2.05, 4.69) is 5.32 Å². The van der Waals surface area contributed by atoms with Crippen molar-refractivity contribution in [1.82, 2.24) is 0 Å². The molecule has 0 amide bonds. The highest BCUT2D eigenvalue weighted by Gasteiger charge is 2.28. The fraction of sp³-hybridized carbons (Fsp3) is 0.222. The van der Waals surface area contributed by atoms with Crippen LogP contribution in [0.4, 0.5) is 18.9 Å². The lowest BCUT2D eigenvalue weighted by Gasteiger charge is -2.15. The van der Waals surface area contributed by atoms with Crippen molar-refractivity contribution in [3.8, 4) is 11.8 Å². The molecule has 25 heavy (non-hydrogen) atoms. The van der Waals surface area contributed by atoms with Crippen LogP contribution in [-0.4, -0.2) is 18.6 Å². The molecule has 0 saturated carbocycles. The topological polar surface area (TPSA) is 62.1 Å². The second-order valence-corrected chi connectivity index (χ2v) is 5.29. The van der Waals surface area contributed by atoms with Gasteiger partial charge in [-0.3, -0.25) is 4.79 Å². The van der Waals surface area contributed by atoms with Gasteiger partial charge in [-0.1, -0.05) is 18.2 Å². The first-order valence-electron chi connectivity index (χ1n) is 7.36. The molecule has 0 spiro atoms. The first-order valence-corrected chi connectivity index (χ1v) is 7.36. The number of rotatable bonds is 6. The number of hydrogen-bond acceptors (Lipinski definition) is 4. The van der Waals surface area contributed by atoms with Gasteiger partial charge in [-0.2, -0.15) is 18.4 Å².